The lowest BCUT2D eigenvalue weighted by atomic mass is 9.87. The molecule has 0 aliphatic heterocycles. The lowest BCUT2D eigenvalue weighted by Gasteiger charge is -2.21. The highest BCUT2D eigenvalue weighted by molar-refractivity contribution is 7.80. The van der Waals surface area contributed by atoms with E-state index in [9.17, 15) is 9.90 Å². The molecule has 7 heteroatoms. The molecular weight excluding hydrogens is 336 g/mol. The van der Waals surface area contributed by atoms with E-state index >= 15 is 0 Å². The zero-order valence-corrected chi connectivity index (χ0v) is 14.5. The van der Waals surface area contributed by atoms with Crippen molar-refractivity contribution in [2.75, 3.05) is 5.32 Å². The lowest BCUT2D eigenvalue weighted by molar-refractivity contribution is 0.0950. The molecule has 0 saturated carbocycles. The molecule has 0 bridgehead atoms. The number of furan rings is 1. The van der Waals surface area contributed by atoms with Crippen LogP contribution < -0.4 is 10.6 Å². The van der Waals surface area contributed by atoms with E-state index in [4.69, 9.17) is 28.2 Å². The summed E-state index contributed by atoms with van der Waals surface area (Å²) in [5.41, 5.74) is 1.09. The SMILES string of the molecule is CC(C)(C)c1cc(Cl)c(O)c(NC(=S)NC(=O)c2ccco2)c1. The van der Waals surface area contributed by atoms with Crippen molar-refractivity contribution in [1.29, 1.82) is 0 Å². The van der Waals surface area contributed by atoms with E-state index in [1.165, 1.54) is 12.3 Å². The fourth-order valence-corrected chi connectivity index (χ4v) is 2.28. The van der Waals surface area contributed by atoms with Gasteiger partial charge < -0.3 is 14.8 Å². The number of phenols is 1. The number of halogens is 1. The number of benzene rings is 1. The van der Waals surface area contributed by atoms with E-state index in [-0.39, 0.29) is 27.1 Å². The number of hydrogen-bond donors (Lipinski definition) is 3. The van der Waals surface area contributed by atoms with Crippen molar-refractivity contribution in [1.82, 2.24) is 5.32 Å². The Bertz CT molecular complexity index is 737. The van der Waals surface area contributed by atoms with E-state index in [1.807, 2.05) is 20.8 Å². The van der Waals surface area contributed by atoms with Crippen LogP contribution in [0.25, 0.3) is 0 Å². The van der Waals surface area contributed by atoms with E-state index in [2.05, 4.69) is 10.6 Å². The van der Waals surface area contributed by atoms with Crippen molar-refractivity contribution in [2.24, 2.45) is 0 Å². The summed E-state index contributed by atoms with van der Waals surface area (Å²) in [7, 11) is 0. The Morgan fingerprint density at radius 2 is 2.04 bits per heavy atom. The highest BCUT2D eigenvalue weighted by Gasteiger charge is 2.19. The second kappa shape index (κ2) is 6.60. The van der Waals surface area contributed by atoms with Crippen molar-refractivity contribution in [3.8, 4) is 5.75 Å². The van der Waals surface area contributed by atoms with Crippen LogP contribution in [0.4, 0.5) is 5.69 Å². The Balaban J connectivity index is 2.17. The van der Waals surface area contributed by atoms with Crippen LogP contribution in [0.3, 0.4) is 0 Å². The van der Waals surface area contributed by atoms with E-state index < -0.39 is 5.91 Å². The average Bonchev–Trinajstić information content (AvgIpc) is 2.96. The van der Waals surface area contributed by atoms with Crippen molar-refractivity contribution >= 4 is 40.5 Å². The summed E-state index contributed by atoms with van der Waals surface area (Å²) in [5.74, 6) is -0.473. The zero-order valence-electron chi connectivity index (χ0n) is 12.9. The van der Waals surface area contributed by atoms with Gasteiger partial charge in [0, 0.05) is 0 Å². The average molecular weight is 353 g/mol. The van der Waals surface area contributed by atoms with E-state index in [0.717, 1.165) is 5.56 Å². The molecule has 0 fully saturated rings. The van der Waals surface area contributed by atoms with Crippen LogP contribution >= 0.6 is 23.8 Å². The minimum Gasteiger partial charge on any atom is -0.504 e. The highest BCUT2D eigenvalue weighted by Crippen LogP contribution is 2.37. The van der Waals surface area contributed by atoms with Gasteiger partial charge in [0.15, 0.2) is 16.6 Å². The fourth-order valence-electron chi connectivity index (χ4n) is 1.85. The number of aromatic hydroxyl groups is 1. The largest absolute Gasteiger partial charge is 0.504 e. The van der Waals surface area contributed by atoms with Gasteiger partial charge in [0.25, 0.3) is 5.91 Å². The number of thiocarbonyl (C=S) groups is 1. The third-order valence-electron chi connectivity index (χ3n) is 3.15. The number of carbonyl (C=O) groups is 1. The first-order valence-electron chi connectivity index (χ1n) is 6.87. The van der Waals surface area contributed by atoms with Crippen LogP contribution in [0.1, 0.15) is 36.9 Å². The quantitative estimate of drug-likeness (QED) is 0.561. The molecule has 0 spiro atoms. The molecule has 0 aliphatic rings. The van der Waals surface area contributed by atoms with E-state index in [1.54, 1.807) is 18.2 Å². The van der Waals surface area contributed by atoms with Crippen LogP contribution in [0.5, 0.6) is 5.75 Å². The van der Waals surface area contributed by atoms with Gasteiger partial charge in [-0.1, -0.05) is 32.4 Å². The maximum absolute atomic E-state index is 11.9. The molecule has 0 atom stereocenters. The number of anilines is 1. The highest BCUT2D eigenvalue weighted by atomic mass is 35.5. The Kier molecular flexibility index (Phi) is 4.97. The second-order valence-corrected chi connectivity index (χ2v) is 6.81. The second-order valence-electron chi connectivity index (χ2n) is 5.99. The monoisotopic (exact) mass is 352 g/mol. The maximum Gasteiger partial charge on any atom is 0.293 e. The summed E-state index contributed by atoms with van der Waals surface area (Å²) in [5, 5.41) is 15.6. The Morgan fingerprint density at radius 1 is 1.35 bits per heavy atom. The third-order valence-corrected chi connectivity index (χ3v) is 3.64. The molecule has 0 aliphatic carbocycles. The fraction of sp³-hybridized carbons (Fsp3) is 0.250. The van der Waals surface area contributed by atoms with Crippen molar-refractivity contribution < 1.29 is 14.3 Å². The summed E-state index contributed by atoms with van der Waals surface area (Å²) in [6, 6.07) is 6.56. The van der Waals surface area contributed by atoms with Crippen molar-refractivity contribution in [3.63, 3.8) is 0 Å². The van der Waals surface area contributed by atoms with Crippen molar-refractivity contribution in [2.45, 2.75) is 26.2 Å². The van der Waals surface area contributed by atoms with Crippen LogP contribution in [-0.2, 0) is 5.41 Å². The number of nitrogens with one attached hydrogen (secondary N) is 2. The number of carbonyl (C=O) groups excluding carboxylic acids is 1. The summed E-state index contributed by atoms with van der Waals surface area (Å²) in [4.78, 5) is 11.9. The van der Waals surface area contributed by atoms with Gasteiger partial charge in [-0.25, -0.2) is 0 Å². The summed E-state index contributed by atoms with van der Waals surface area (Å²) in [6.45, 7) is 6.07. The molecule has 3 N–H and O–H groups in total. The van der Waals surface area contributed by atoms with Gasteiger partial charge in [-0.15, -0.1) is 0 Å². The molecule has 5 nitrogen and oxygen atoms in total. The van der Waals surface area contributed by atoms with E-state index in [0.29, 0.717) is 5.69 Å². The lowest BCUT2D eigenvalue weighted by Crippen LogP contribution is -2.34. The predicted molar refractivity (Wildman–Crippen MR) is 94.2 cm³/mol. The van der Waals surface area contributed by atoms with Gasteiger partial charge in [-0.05, 0) is 47.5 Å². The molecule has 1 aromatic heterocycles. The van der Waals surface area contributed by atoms with Gasteiger partial charge >= 0.3 is 0 Å². The maximum atomic E-state index is 11.9. The van der Waals surface area contributed by atoms with Crippen molar-refractivity contribution in [3.05, 3.63) is 46.9 Å². The summed E-state index contributed by atoms with van der Waals surface area (Å²) >= 11 is 11.1. The van der Waals surface area contributed by atoms with Gasteiger partial charge in [0.2, 0.25) is 0 Å². The number of hydrogen-bond acceptors (Lipinski definition) is 4. The first kappa shape index (κ1) is 17.3. The van der Waals surface area contributed by atoms with Crippen LogP contribution in [-0.4, -0.2) is 16.1 Å². The Labute approximate surface area is 144 Å². The van der Waals surface area contributed by atoms with Gasteiger partial charge in [0.1, 0.15) is 0 Å². The summed E-state index contributed by atoms with van der Waals surface area (Å²) in [6.07, 6.45) is 1.39. The standard InChI is InChI=1S/C16H17ClN2O3S/c1-16(2,3)9-7-10(17)13(20)11(8-9)18-15(23)19-14(21)12-5-4-6-22-12/h4-8,20H,1-3H3,(H2,18,19,21,23). The molecule has 1 heterocycles. The third kappa shape index (κ3) is 4.24. The molecule has 23 heavy (non-hydrogen) atoms. The molecule has 2 aromatic rings. The van der Waals surface area contributed by atoms with Gasteiger partial charge in [-0.2, -0.15) is 0 Å². The molecule has 0 saturated heterocycles. The first-order chi connectivity index (χ1) is 10.7. The molecule has 0 unspecified atom stereocenters. The molecule has 2 rings (SSSR count). The molecule has 122 valence electrons. The predicted octanol–water partition coefficient (Wildman–Crippen LogP) is 4.06. The van der Waals surface area contributed by atoms with Gasteiger partial charge in [-0.3, -0.25) is 10.1 Å². The number of phenolic OH excluding ortho intramolecular Hbond substituents is 1. The van der Waals surface area contributed by atoms with Crippen LogP contribution in [0.2, 0.25) is 5.02 Å². The zero-order chi connectivity index (χ0) is 17.2. The Hall–Kier alpha value is -2.05. The minimum absolute atomic E-state index is 0.0313. The topological polar surface area (TPSA) is 74.5 Å². The summed E-state index contributed by atoms with van der Waals surface area (Å²) < 4.78 is 4.98. The molecular formula is C16H17ClN2O3S. The normalized spacial score (nSPS) is 11.1. The van der Waals surface area contributed by atoms with Gasteiger partial charge in [0.05, 0.1) is 17.0 Å². The first-order valence-corrected chi connectivity index (χ1v) is 7.66. The van der Waals surface area contributed by atoms with Crippen LogP contribution in [0.15, 0.2) is 34.9 Å². The number of amides is 1. The minimum atomic E-state index is -0.481. The molecule has 1 aromatic carbocycles. The molecule has 0 radical (unpaired) electrons. The smallest absolute Gasteiger partial charge is 0.293 e. The molecule has 1 amide bonds. The number of rotatable bonds is 2. The Morgan fingerprint density at radius 3 is 2.61 bits per heavy atom. The van der Waals surface area contributed by atoms with Crippen LogP contribution in [0, 0.1) is 0 Å².